The molecule has 0 aliphatic carbocycles. The van der Waals surface area contributed by atoms with Gasteiger partial charge in [-0.2, -0.15) is 5.10 Å². The predicted molar refractivity (Wildman–Crippen MR) is 122 cm³/mol. The predicted octanol–water partition coefficient (Wildman–Crippen LogP) is 6.27. The molecule has 0 saturated heterocycles. The third-order valence-electron chi connectivity index (χ3n) is 4.74. The highest BCUT2D eigenvalue weighted by Crippen LogP contribution is 2.29. The highest BCUT2D eigenvalue weighted by atomic mass is 35.5. The fourth-order valence-corrected chi connectivity index (χ4v) is 3.52. The minimum atomic E-state index is -0.269. The molecule has 0 aliphatic rings. The number of para-hydroxylation sites is 1. The Balaban J connectivity index is 2.05. The molecule has 150 valence electrons. The molecular formula is C24H26ClN3O. The van der Waals surface area contributed by atoms with Gasteiger partial charge in [0.1, 0.15) is 0 Å². The standard InChI is InChI=1S/C24H26ClN3O/c1-5-17-9-11-18(12-10-17)22-14-20(19-7-6-8-21(25)23(19)26-22)24(29)28-27-16(4)13-15(2)3/h6-12,14-15H,5,13H2,1-4H3,(H,28,29)/b27-16-. The first-order chi connectivity index (χ1) is 13.9. The number of hydrazone groups is 1. The van der Waals surface area contributed by atoms with Crippen LogP contribution in [0.1, 0.15) is 50.0 Å². The Labute approximate surface area is 177 Å². The van der Waals surface area contributed by atoms with E-state index in [-0.39, 0.29) is 5.91 Å². The topological polar surface area (TPSA) is 54.4 Å². The van der Waals surface area contributed by atoms with Crippen LogP contribution in [0.2, 0.25) is 5.02 Å². The van der Waals surface area contributed by atoms with E-state index in [2.05, 4.69) is 43.4 Å². The summed E-state index contributed by atoms with van der Waals surface area (Å²) < 4.78 is 0. The summed E-state index contributed by atoms with van der Waals surface area (Å²) in [4.78, 5) is 17.7. The molecule has 1 heterocycles. The van der Waals surface area contributed by atoms with Gasteiger partial charge in [0.2, 0.25) is 0 Å². The zero-order valence-corrected chi connectivity index (χ0v) is 18.0. The van der Waals surface area contributed by atoms with Crippen LogP contribution in [0, 0.1) is 5.92 Å². The molecule has 1 aromatic heterocycles. The SMILES string of the molecule is CCc1ccc(-c2cc(C(=O)N/N=C(/C)CC(C)C)c3cccc(Cl)c3n2)cc1. The summed E-state index contributed by atoms with van der Waals surface area (Å²) in [6.07, 6.45) is 1.80. The molecule has 0 spiro atoms. The number of carbonyl (C=O) groups excluding carboxylic acids is 1. The van der Waals surface area contributed by atoms with Crippen molar-refractivity contribution in [2.24, 2.45) is 11.0 Å². The summed E-state index contributed by atoms with van der Waals surface area (Å²) in [7, 11) is 0. The fourth-order valence-electron chi connectivity index (χ4n) is 3.30. The summed E-state index contributed by atoms with van der Waals surface area (Å²) in [5.41, 5.74) is 7.60. The van der Waals surface area contributed by atoms with E-state index >= 15 is 0 Å². The number of pyridine rings is 1. The number of carbonyl (C=O) groups is 1. The molecule has 0 saturated carbocycles. The van der Waals surface area contributed by atoms with Gasteiger partial charge in [0.25, 0.3) is 5.91 Å². The first-order valence-electron chi connectivity index (χ1n) is 9.91. The Morgan fingerprint density at radius 3 is 2.55 bits per heavy atom. The van der Waals surface area contributed by atoms with E-state index < -0.39 is 0 Å². The number of aromatic nitrogens is 1. The van der Waals surface area contributed by atoms with Crippen molar-refractivity contribution in [3.63, 3.8) is 0 Å². The number of rotatable bonds is 6. The highest BCUT2D eigenvalue weighted by Gasteiger charge is 2.15. The van der Waals surface area contributed by atoms with Crippen LogP contribution in [-0.4, -0.2) is 16.6 Å². The number of amides is 1. The van der Waals surface area contributed by atoms with E-state index in [0.29, 0.717) is 33.1 Å². The van der Waals surface area contributed by atoms with Gasteiger partial charge in [0.15, 0.2) is 0 Å². The number of nitrogens with one attached hydrogen (secondary N) is 1. The fraction of sp³-hybridized carbons (Fsp3) is 0.292. The Bertz CT molecular complexity index is 1060. The zero-order chi connectivity index (χ0) is 21.0. The lowest BCUT2D eigenvalue weighted by Crippen LogP contribution is -2.20. The van der Waals surface area contributed by atoms with Crippen molar-refractivity contribution >= 4 is 34.1 Å². The van der Waals surface area contributed by atoms with E-state index in [9.17, 15) is 4.79 Å². The number of nitrogens with zero attached hydrogens (tertiary/aromatic N) is 2. The molecule has 0 fully saturated rings. The maximum atomic E-state index is 13.0. The van der Waals surface area contributed by atoms with Crippen molar-refractivity contribution in [2.45, 2.75) is 40.5 Å². The van der Waals surface area contributed by atoms with Gasteiger partial charge in [-0.15, -0.1) is 0 Å². The normalized spacial score (nSPS) is 11.9. The zero-order valence-electron chi connectivity index (χ0n) is 17.3. The maximum absolute atomic E-state index is 13.0. The van der Waals surface area contributed by atoms with Crippen LogP contribution in [0.15, 0.2) is 53.6 Å². The first kappa shape index (κ1) is 21.0. The minimum absolute atomic E-state index is 0.269. The quantitative estimate of drug-likeness (QED) is 0.386. The lowest BCUT2D eigenvalue weighted by Gasteiger charge is -2.11. The smallest absolute Gasteiger partial charge is 0.267 e. The van der Waals surface area contributed by atoms with Gasteiger partial charge in [-0.3, -0.25) is 4.79 Å². The van der Waals surface area contributed by atoms with Crippen LogP contribution in [0.3, 0.4) is 0 Å². The van der Waals surface area contributed by atoms with Crippen LogP contribution in [0.4, 0.5) is 0 Å². The summed E-state index contributed by atoms with van der Waals surface area (Å²) in [6, 6.07) is 15.5. The summed E-state index contributed by atoms with van der Waals surface area (Å²) in [5, 5.41) is 5.48. The number of benzene rings is 2. The van der Waals surface area contributed by atoms with E-state index in [0.717, 1.165) is 24.1 Å². The molecule has 2 aromatic carbocycles. The minimum Gasteiger partial charge on any atom is -0.267 e. The van der Waals surface area contributed by atoms with Crippen LogP contribution in [-0.2, 0) is 6.42 Å². The average Bonchev–Trinajstić information content (AvgIpc) is 2.71. The van der Waals surface area contributed by atoms with E-state index in [1.807, 2.05) is 37.3 Å². The largest absolute Gasteiger partial charge is 0.272 e. The maximum Gasteiger partial charge on any atom is 0.272 e. The van der Waals surface area contributed by atoms with Crippen LogP contribution in [0.25, 0.3) is 22.2 Å². The lowest BCUT2D eigenvalue weighted by molar-refractivity contribution is 0.0956. The number of hydrogen-bond acceptors (Lipinski definition) is 3. The van der Waals surface area contributed by atoms with Crippen LogP contribution < -0.4 is 5.43 Å². The van der Waals surface area contributed by atoms with E-state index in [1.54, 1.807) is 6.07 Å². The van der Waals surface area contributed by atoms with Gasteiger partial charge >= 0.3 is 0 Å². The van der Waals surface area contributed by atoms with E-state index in [4.69, 9.17) is 16.6 Å². The van der Waals surface area contributed by atoms with Gasteiger partial charge in [-0.05, 0) is 43.4 Å². The third-order valence-corrected chi connectivity index (χ3v) is 5.05. The molecule has 1 amide bonds. The Kier molecular flexibility index (Phi) is 6.65. The van der Waals surface area contributed by atoms with E-state index in [1.165, 1.54) is 5.56 Å². The Morgan fingerprint density at radius 2 is 1.90 bits per heavy atom. The molecule has 29 heavy (non-hydrogen) atoms. The second kappa shape index (κ2) is 9.19. The molecular weight excluding hydrogens is 382 g/mol. The molecule has 0 radical (unpaired) electrons. The molecule has 3 rings (SSSR count). The van der Waals surface area contributed by atoms with Crippen molar-refractivity contribution in [1.29, 1.82) is 0 Å². The van der Waals surface area contributed by atoms with Gasteiger partial charge in [-0.25, -0.2) is 10.4 Å². The molecule has 0 atom stereocenters. The molecule has 0 bridgehead atoms. The number of aryl methyl sites for hydroxylation is 1. The van der Waals surface area contributed by atoms with Gasteiger partial charge in [-0.1, -0.05) is 68.8 Å². The van der Waals surface area contributed by atoms with Crippen molar-refractivity contribution in [1.82, 2.24) is 10.4 Å². The Hall–Kier alpha value is -2.72. The summed E-state index contributed by atoms with van der Waals surface area (Å²) in [6.45, 7) is 8.28. The number of halogens is 1. The molecule has 3 aromatic rings. The molecule has 5 heteroatoms. The molecule has 0 aliphatic heterocycles. The number of hydrogen-bond donors (Lipinski definition) is 1. The van der Waals surface area contributed by atoms with Crippen LogP contribution in [0.5, 0.6) is 0 Å². The Morgan fingerprint density at radius 1 is 1.17 bits per heavy atom. The first-order valence-corrected chi connectivity index (χ1v) is 10.3. The summed E-state index contributed by atoms with van der Waals surface area (Å²) in [5.74, 6) is 0.211. The van der Waals surface area contributed by atoms with Crippen molar-refractivity contribution in [2.75, 3.05) is 0 Å². The number of fused-ring (bicyclic) bond motifs is 1. The third kappa shape index (κ3) is 5.01. The van der Waals surface area contributed by atoms with Crippen molar-refractivity contribution in [3.8, 4) is 11.3 Å². The van der Waals surface area contributed by atoms with Gasteiger partial charge < -0.3 is 0 Å². The summed E-state index contributed by atoms with van der Waals surface area (Å²) >= 11 is 6.40. The lowest BCUT2D eigenvalue weighted by atomic mass is 10.0. The monoisotopic (exact) mass is 407 g/mol. The average molecular weight is 408 g/mol. The molecule has 1 N–H and O–H groups in total. The molecule has 4 nitrogen and oxygen atoms in total. The second-order valence-corrected chi connectivity index (χ2v) is 8.03. The second-order valence-electron chi connectivity index (χ2n) is 7.63. The van der Waals surface area contributed by atoms with Crippen molar-refractivity contribution in [3.05, 3.63) is 64.7 Å². The van der Waals surface area contributed by atoms with Crippen LogP contribution >= 0.6 is 11.6 Å². The van der Waals surface area contributed by atoms with Crippen molar-refractivity contribution < 1.29 is 4.79 Å². The molecule has 0 unspecified atom stereocenters. The van der Waals surface area contributed by atoms with Gasteiger partial charge in [0, 0.05) is 16.7 Å². The van der Waals surface area contributed by atoms with Gasteiger partial charge in [0.05, 0.1) is 21.8 Å². The highest BCUT2D eigenvalue weighted by molar-refractivity contribution is 6.35.